The molecule has 0 aliphatic carbocycles. The lowest BCUT2D eigenvalue weighted by atomic mass is 10.2. The Balaban J connectivity index is 2.50. The largest absolute Gasteiger partial charge is 0.476 e. The number of aromatic nitrogens is 5. The van der Waals surface area contributed by atoms with Crippen LogP contribution in [0, 0.1) is 0 Å². The fourth-order valence-corrected chi connectivity index (χ4v) is 1.66. The van der Waals surface area contributed by atoms with Crippen LogP contribution in [-0.4, -0.2) is 42.3 Å². The van der Waals surface area contributed by atoms with Gasteiger partial charge in [0.05, 0.1) is 24.9 Å². The van der Waals surface area contributed by atoms with Crippen molar-refractivity contribution in [3.05, 3.63) is 18.2 Å². The maximum absolute atomic E-state index is 12.2. The van der Waals surface area contributed by atoms with Crippen LogP contribution in [0.3, 0.4) is 0 Å². The molecule has 2 aromatic heterocycles. The van der Waals surface area contributed by atoms with Crippen molar-refractivity contribution in [1.29, 1.82) is 0 Å². The predicted molar refractivity (Wildman–Crippen MR) is 59.8 cm³/mol. The third kappa shape index (κ3) is 2.08. The van der Waals surface area contributed by atoms with E-state index < -0.39 is 12.6 Å². The fraction of sp³-hybridized carbons (Fsp3) is 0.400. The first-order valence-electron chi connectivity index (χ1n) is 5.34. The average Bonchev–Trinajstić information content (AvgIpc) is 2.91. The molecule has 0 radical (unpaired) electrons. The SMILES string of the molecule is Cn1cncc1-c1c(C(=O)O)nnn1CCCF. The number of hydrogen-bond acceptors (Lipinski definition) is 4. The van der Waals surface area contributed by atoms with Gasteiger partial charge in [-0.25, -0.2) is 14.5 Å². The first-order chi connectivity index (χ1) is 8.65. The summed E-state index contributed by atoms with van der Waals surface area (Å²) in [6.45, 7) is -0.218. The molecule has 96 valence electrons. The summed E-state index contributed by atoms with van der Waals surface area (Å²) in [5.41, 5.74) is 0.768. The maximum Gasteiger partial charge on any atom is 0.358 e. The number of aryl methyl sites for hydroxylation is 2. The molecule has 0 saturated carbocycles. The van der Waals surface area contributed by atoms with Crippen molar-refractivity contribution in [2.45, 2.75) is 13.0 Å². The molecule has 7 nitrogen and oxygen atoms in total. The molecule has 0 fully saturated rings. The van der Waals surface area contributed by atoms with Crippen molar-refractivity contribution in [1.82, 2.24) is 24.5 Å². The standard InChI is InChI=1S/C10H12FN5O2/c1-15-6-12-5-7(15)9-8(10(17)18)13-14-16(9)4-2-3-11/h5-6H,2-4H2,1H3,(H,17,18). The van der Waals surface area contributed by atoms with Crippen LogP contribution in [0.25, 0.3) is 11.4 Å². The number of alkyl halides is 1. The van der Waals surface area contributed by atoms with Crippen molar-refractivity contribution in [3.8, 4) is 11.4 Å². The van der Waals surface area contributed by atoms with Crippen molar-refractivity contribution in [3.63, 3.8) is 0 Å². The van der Waals surface area contributed by atoms with Crippen LogP contribution in [0.15, 0.2) is 12.5 Å². The average molecular weight is 253 g/mol. The van der Waals surface area contributed by atoms with Gasteiger partial charge in [0.2, 0.25) is 0 Å². The molecule has 0 bridgehead atoms. The van der Waals surface area contributed by atoms with Gasteiger partial charge in [0.15, 0.2) is 5.69 Å². The number of hydrogen-bond donors (Lipinski definition) is 1. The third-order valence-electron chi connectivity index (χ3n) is 2.50. The molecule has 0 atom stereocenters. The smallest absolute Gasteiger partial charge is 0.358 e. The lowest BCUT2D eigenvalue weighted by Gasteiger charge is -2.06. The van der Waals surface area contributed by atoms with E-state index in [2.05, 4.69) is 15.3 Å². The Kier molecular flexibility index (Phi) is 3.35. The monoisotopic (exact) mass is 253 g/mol. The zero-order chi connectivity index (χ0) is 13.1. The summed E-state index contributed by atoms with van der Waals surface area (Å²) in [7, 11) is 1.74. The van der Waals surface area contributed by atoms with E-state index in [9.17, 15) is 9.18 Å². The van der Waals surface area contributed by atoms with Crippen LogP contribution >= 0.6 is 0 Å². The Hall–Kier alpha value is -2.25. The molecule has 18 heavy (non-hydrogen) atoms. The van der Waals surface area contributed by atoms with Gasteiger partial charge in [0.25, 0.3) is 0 Å². The second-order valence-corrected chi connectivity index (χ2v) is 3.75. The van der Waals surface area contributed by atoms with Gasteiger partial charge >= 0.3 is 5.97 Å². The van der Waals surface area contributed by atoms with Crippen LogP contribution in [0.1, 0.15) is 16.9 Å². The van der Waals surface area contributed by atoms with Crippen LogP contribution in [-0.2, 0) is 13.6 Å². The van der Waals surface area contributed by atoms with Gasteiger partial charge in [-0.05, 0) is 6.42 Å². The molecule has 0 aliphatic heterocycles. The Morgan fingerprint density at radius 2 is 2.33 bits per heavy atom. The first-order valence-corrected chi connectivity index (χ1v) is 5.34. The lowest BCUT2D eigenvalue weighted by molar-refractivity contribution is 0.0691. The van der Waals surface area contributed by atoms with E-state index in [1.54, 1.807) is 17.9 Å². The number of nitrogens with zero attached hydrogens (tertiary/aromatic N) is 5. The molecule has 0 aliphatic rings. The van der Waals surface area contributed by atoms with E-state index in [0.29, 0.717) is 11.4 Å². The highest BCUT2D eigenvalue weighted by molar-refractivity contribution is 5.92. The highest BCUT2D eigenvalue weighted by Gasteiger charge is 2.22. The maximum atomic E-state index is 12.2. The molecule has 0 amide bonds. The van der Waals surface area contributed by atoms with E-state index in [1.165, 1.54) is 10.9 Å². The Morgan fingerprint density at radius 1 is 1.56 bits per heavy atom. The Morgan fingerprint density at radius 3 is 2.89 bits per heavy atom. The van der Waals surface area contributed by atoms with Gasteiger partial charge in [-0.15, -0.1) is 5.10 Å². The summed E-state index contributed by atoms with van der Waals surface area (Å²) in [4.78, 5) is 15.0. The van der Waals surface area contributed by atoms with E-state index in [4.69, 9.17) is 5.11 Å². The predicted octanol–water partition coefficient (Wildman–Crippen LogP) is 0.736. The zero-order valence-corrected chi connectivity index (χ0v) is 9.75. The van der Waals surface area contributed by atoms with Crippen molar-refractivity contribution in [2.75, 3.05) is 6.67 Å². The van der Waals surface area contributed by atoms with Gasteiger partial charge in [-0.1, -0.05) is 5.21 Å². The van der Waals surface area contributed by atoms with Gasteiger partial charge in [-0.2, -0.15) is 0 Å². The van der Waals surface area contributed by atoms with Crippen molar-refractivity contribution in [2.24, 2.45) is 7.05 Å². The molecule has 0 saturated heterocycles. The number of carboxylic acid groups (broad SMARTS) is 1. The summed E-state index contributed by atoms with van der Waals surface area (Å²) >= 11 is 0. The minimum absolute atomic E-state index is 0.155. The highest BCUT2D eigenvalue weighted by Crippen LogP contribution is 2.21. The normalized spacial score (nSPS) is 10.8. The minimum Gasteiger partial charge on any atom is -0.476 e. The quantitative estimate of drug-likeness (QED) is 0.849. The number of rotatable bonds is 5. The number of imidazole rings is 1. The topological polar surface area (TPSA) is 85.8 Å². The second-order valence-electron chi connectivity index (χ2n) is 3.75. The first kappa shape index (κ1) is 12.2. The number of aromatic carboxylic acids is 1. The zero-order valence-electron chi connectivity index (χ0n) is 9.75. The van der Waals surface area contributed by atoms with Crippen molar-refractivity contribution < 1.29 is 14.3 Å². The van der Waals surface area contributed by atoms with Gasteiger partial charge in [0.1, 0.15) is 5.69 Å². The molecule has 2 aromatic rings. The molecule has 0 unspecified atom stereocenters. The van der Waals surface area contributed by atoms with Crippen LogP contribution in [0.2, 0.25) is 0 Å². The van der Waals surface area contributed by atoms with Gasteiger partial charge < -0.3 is 9.67 Å². The summed E-state index contributed by atoms with van der Waals surface area (Å²) in [6, 6.07) is 0. The lowest BCUT2D eigenvalue weighted by Crippen LogP contribution is -2.07. The van der Waals surface area contributed by atoms with Crippen molar-refractivity contribution >= 4 is 5.97 Å². The minimum atomic E-state index is -1.17. The summed E-state index contributed by atoms with van der Waals surface area (Å²) in [5.74, 6) is -1.17. The molecule has 8 heteroatoms. The van der Waals surface area contributed by atoms with E-state index >= 15 is 0 Å². The summed E-state index contributed by atoms with van der Waals surface area (Å²) in [6.07, 6.45) is 3.33. The number of carboxylic acids is 1. The molecule has 1 N–H and O–H groups in total. The molecule has 0 spiro atoms. The molecule has 2 heterocycles. The molecular formula is C10H12FN5O2. The molecule has 0 aromatic carbocycles. The molecule has 2 rings (SSSR count). The van der Waals surface area contributed by atoms with Crippen LogP contribution < -0.4 is 0 Å². The second kappa shape index (κ2) is 4.94. The third-order valence-corrected chi connectivity index (χ3v) is 2.50. The van der Waals surface area contributed by atoms with Gasteiger partial charge in [-0.3, -0.25) is 4.39 Å². The number of carbonyl (C=O) groups is 1. The Labute approximate surface area is 102 Å². The molecular weight excluding hydrogens is 241 g/mol. The van der Waals surface area contributed by atoms with Gasteiger partial charge in [0, 0.05) is 13.6 Å². The highest BCUT2D eigenvalue weighted by atomic mass is 19.1. The number of halogens is 1. The van der Waals surface area contributed by atoms with E-state index in [1.807, 2.05) is 0 Å². The van der Waals surface area contributed by atoms with Crippen LogP contribution in [0.5, 0.6) is 0 Å². The summed E-state index contributed by atoms with van der Waals surface area (Å²) in [5, 5.41) is 16.4. The van der Waals surface area contributed by atoms with E-state index in [0.717, 1.165) is 0 Å². The van der Waals surface area contributed by atoms with Crippen LogP contribution in [0.4, 0.5) is 4.39 Å². The fourth-order valence-electron chi connectivity index (χ4n) is 1.66. The Bertz CT molecular complexity index is 562. The summed E-state index contributed by atoms with van der Waals surface area (Å²) < 4.78 is 15.3. The van der Waals surface area contributed by atoms with E-state index in [-0.39, 0.29) is 18.7 Å².